The maximum atomic E-state index is 12.9. The second-order valence-electron chi connectivity index (χ2n) is 8.52. The summed E-state index contributed by atoms with van der Waals surface area (Å²) in [6.45, 7) is 4.20. The Morgan fingerprint density at radius 1 is 1.13 bits per heavy atom. The SMILES string of the molecule is CCCCc1ccccc1C(=O)NC1CCC(Nc2ncc(C)c(N(C)C)n2)CC1. The lowest BCUT2D eigenvalue weighted by molar-refractivity contribution is 0.0925. The van der Waals surface area contributed by atoms with Crippen LogP contribution in [0.3, 0.4) is 0 Å². The molecule has 0 spiro atoms. The molecule has 2 aromatic rings. The first-order chi connectivity index (χ1) is 14.5. The summed E-state index contributed by atoms with van der Waals surface area (Å²) < 4.78 is 0. The van der Waals surface area contributed by atoms with E-state index in [0.29, 0.717) is 12.0 Å². The van der Waals surface area contributed by atoms with Gasteiger partial charge in [0.05, 0.1) is 0 Å². The van der Waals surface area contributed by atoms with Gasteiger partial charge in [0.2, 0.25) is 5.95 Å². The molecule has 1 amide bonds. The third-order valence-corrected chi connectivity index (χ3v) is 5.83. The lowest BCUT2D eigenvalue weighted by Gasteiger charge is -2.30. The van der Waals surface area contributed by atoms with Crippen molar-refractivity contribution in [1.82, 2.24) is 15.3 Å². The summed E-state index contributed by atoms with van der Waals surface area (Å²) in [6.07, 6.45) is 8.99. The molecule has 1 aromatic carbocycles. The van der Waals surface area contributed by atoms with Crippen molar-refractivity contribution in [1.29, 1.82) is 0 Å². The minimum absolute atomic E-state index is 0.0654. The van der Waals surface area contributed by atoms with E-state index in [-0.39, 0.29) is 11.9 Å². The highest BCUT2D eigenvalue weighted by molar-refractivity contribution is 5.95. The summed E-state index contributed by atoms with van der Waals surface area (Å²) in [5.41, 5.74) is 3.05. The van der Waals surface area contributed by atoms with Crippen molar-refractivity contribution in [3.8, 4) is 0 Å². The van der Waals surface area contributed by atoms with Gasteiger partial charge in [0.25, 0.3) is 5.91 Å². The lowest BCUT2D eigenvalue weighted by Crippen LogP contribution is -2.40. The van der Waals surface area contributed by atoms with Crippen LogP contribution >= 0.6 is 0 Å². The van der Waals surface area contributed by atoms with Crippen molar-refractivity contribution in [2.75, 3.05) is 24.3 Å². The van der Waals surface area contributed by atoms with Crippen LogP contribution in [0, 0.1) is 6.92 Å². The molecule has 2 N–H and O–H groups in total. The number of unbranched alkanes of at least 4 members (excludes halogenated alkanes) is 1. The van der Waals surface area contributed by atoms with Crippen LogP contribution in [0.1, 0.15) is 66.9 Å². The monoisotopic (exact) mass is 409 g/mol. The van der Waals surface area contributed by atoms with E-state index in [1.54, 1.807) is 0 Å². The molecule has 1 fully saturated rings. The van der Waals surface area contributed by atoms with Crippen molar-refractivity contribution >= 4 is 17.7 Å². The average Bonchev–Trinajstić information content (AvgIpc) is 2.75. The van der Waals surface area contributed by atoms with Gasteiger partial charge in [-0.05, 0) is 57.1 Å². The Bertz CT molecular complexity index is 843. The van der Waals surface area contributed by atoms with E-state index in [2.05, 4.69) is 33.6 Å². The molecule has 1 aliphatic rings. The molecule has 30 heavy (non-hydrogen) atoms. The molecule has 0 aliphatic heterocycles. The lowest BCUT2D eigenvalue weighted by atomic mass is 9.90. The predicted octanol–water partition coefficient (Wildman–Crippen LogP) is 4.35. The van der Waals surface area contributed by atoms with Gasteiger partial charge >= 0.3 is 0 Å². The largest absolute Gasteiger partial charge is 0.362 e. The minimum Gasteiger partial charge on any atom is -0.362 e. The second-order valence-corrected chi connectivity index (χ2v) is 8.52. The zero-order chi connectivity index (χ0) is 21.5. The Balaban J connectivity index is 1.53. The van der Waals surface area contributed by atoms with E-state index in [0.717, 1.165) is 67.5 Å². The highest BCUT2D eigenvalue weighted by Crippen LogP contribution is 2.23. The van der Waals surface area contributed by atoms with Crippen molar-refractivity contribution in [3.63, 3.8) is 0 Å². The molecule has 6 heteroatoms. The van der Waals surface area contributed by atoms with E-state index in [4.69, 9.17) is 0 Å². The Kier molecular flexibility index (Phi) is 7.66. The molecule has 0 bridgehead atoms. The first-order valence-corrected chi connectivity index (χ1v) is 11.1. The summed E-state index contributed by atoms with van der Waals surface area (Å²) in [5, 5.41) is 6.74. The van der Waals surface area contributed by atoms with Crippen LogP contribution in [0.4, 0.5) is 11.8 Å². The molecule has 1 aromatic heterocycles. The molecule has 3 rings (SSSR count). The van der Waals surface area contributed by atoms with E-state index >= 15 is 0 Å². The molecule has 1 saturated carbocycles. The van der Waals surface area contributed by atoms with Crippen LogP contribution in [0.2, 0.25) is 0 Å². The van der Waals surface area contributed by atoms with Gasteiger partial charge in [0.1, 0.15) is 5.82 Å². The molecule has 6 nitrogen and oxygen atoms in total. The van der Waals surface area contributed by atoms with E-state index < -0.39 is 0 Å². The highest BCUT2D eigenvalue weighted by atomic mass is 16.1. The number of hydrogen-bond acceptors (Lipinski definition) is 5. The standard InChI is InChI=1S/C24H35N5O/c1-5-6-9-18-10-7-8-11-21(18)23(30)26-19-12-14-20(15-13-19)27-24-25-16-17(2)22(28-24)29(3)4/h7-8,10-11,16,19-20H,5-6,9,12-15H2,1-4H3,(H,26,30)(H,25,27,28). The number of amides is 1. The molecule has 1 heterocycles. The average molecular weight is 410 g/mol. The van der Waals surface area contributed by atoms with Gasteiger partial charge in [0, 0.05) is 43.5 Å². The van der Waals surface area contributed by atoms with E-state index in [9.17, 15) is 4.79 Å². The highest BCUT2D eigenvalue weighted by Gasteiger charge is 2.24. The van der Waals surface area contributed by atoms with Crippen molar-refractivity contribution < 1.29 is 4.79 Å². The first-order valence-electron chi connectivity index (χ1n) is 11.1. The fraction of sp³-hybridized carbons (Fsp3) is 0.542. The van der Waals surface area contributed by atoms with E-state index in [1.807, 2.05) is 50.3 Å². The van der Waals surface area contributed by atoms with Gasteiger partial charge in [-0.3, -0.25) is 4.79 Å². The number of nitrogens with one attached hydrogen (secondary N) is 2. The van der Waals surface area contributed by atoms with Gasteiger partial charge in [-0.2, -0.15) is 4.98 Å². The number of rotatable bonds is 8. The predicted molar refractivity (Wildman–Crippen MR) is 123 cm³/mol. The number of aryl methyl sites for hydroxylation is 2. The molecular weight excluding hydrogens is 374 g/mol. The fourth-order valence-electron chi connectivity index (χ4n) is 4.11. The topological polar surface area (TPSA) is 70.2 Å². The Hall–Kier alpha value is -2.63. The number of benzene rings is 1. The number of aromatic nitrogens is 2. The maximum Gasteiger partial charge on any atom is 0.251 e. The number of hydrogen-bond donors (Lipinski definition) is 2. The molecule has 0 unspecified atom stereocenters. The first kappa shape index (κ1) is 22.1. The van der Waals surface area contributed by atoms with Crippen LogP contribution in [0.25, 0.3) is 0 Å². The van der Waals surface area contributed by atoms with Gasteiger partial charge in [-0.25, -0.2) is 4.98 Å². The van der Waals surface area contributed by atoms with Crippen molar-refractivity contribution in [3.05, 3.63) is 47.2 Å². The van der Waals surface area contributed by atoms with Crippen LogP contribution in [-0.2, 0) is 6.42 Å². The zero-order valence-corrected chi connectivity index (χ0v) is 18.7. The Labute approximate surface area is 180 Å². The van der Waals surface area contributed by atoms with Crippen LogP contribution < -0.4 is 15.5 Å². The Morgan fingerprint density at radius 2 is 1.83 bits per heavy atom. The van der Waals surface area contributed by atoms with Crippen LogP contribution in [0.15, 0.2) is 30.5 Å². The van der Waals surface area contributed by atoms with E-state index in [1.165, 1.54) is 0 Å². The van der Waals surface area contributed by atoms with Crippen molar-refractivity contribution in [2.45, 2.75) is 70.9 Å². The van der Waals surface area contributed by atoms with Crippen molar-refractivity contribution in [2.24, 2.45) is 0 Å². The molecular formula is C24H35N5O. The summed E-state index contributed by atoms with van der Waals surface area (Å²) in [5.74, 6) is 1.69. The van der Waals surface area contributed by atoms with Gasteiger partial charge in [-0.15, -0.1) is 0 Å². The minimum atomic E-state index is 0.0654. The molecule has 1 aliphatic carbocycles. The summed E-state index contributed by atoms with van der Waals surface area (Å²) >= 11 is 0. The fourth-order valence-corrected chi connectivity index (χ4v) is 4.11. The number of nitrogens with zero attached hydrogens (tertiary/aromatic N) is 3. The smallest absolute Gasteiger partial charge is 0.251 e. The molecule has 0 radical (unpaired) electrons. The van der Waals surface area contributed by atoms with Gasteiger partial charge < -0.3 is 15.5 Å². The third-order valence-electron chi connectivity index (χ3n) is 5.83. The third kappa shape index (κ3) is 5.71. The van der Waals surface area contributed by atoms with Crippen LogP contribution in [0.5, 0.6) is 0 Å². The number of carbonyl (C=O) groups is 1. The summed E-state index contributed by atoms with van der Waals surface area (Å²) in [4.78, 5) is 23.9. The van der Waals surface area contributed by atoms with Gasteiger partial charge in [0.15, 0.2) is 0 Å². The molecule has 0 atom stereocenters. The quantitative estimate of drug-likeness (QED) is 0.678. The molecule has 0 saturated heterocycles. The summed E-state index contributed by atoms with van der Waals surface area (Å²) in [6, 6.07) is 8.57. The Morgan fingerprint density at radius 3 is 2.53 bits per heavy atom. The van der Waals surface area contributed by atoms with Crippen LogP contribution in [-0.4, -0.2) is 42.1 Å². The van der Waals surface area contributed by atoms with Gasteiger partial charge in [-0.1, -0.05) is 31.5 Å². The summed E-state index contributed by atoms with van der Waals surface area (Å²) in [7, 11) is 3.99. The zero-order valence-electron chi connectivity index (χ0n) is 18.7. The maximum absolute atomic E-state index is 12.9. The normalized spacial score (nSPS) is 18.7. The second kappa shape index (κ2) is 10.4. The number of anilines is 2. The number of carbonyl (C=O) groups excluding carboxylic acids is 1. The molecule has 162 valence electrons.